The van der Waals surface area contributed by atoms with E-state index in [1.165, 1.54) is 0 Å². The number of hydrogen-bond acceptors (Lipinski definition) is 3. The zero-order valence-electron chi connectivity index (χ0n) is 28.8. The highest BCUT2D eigenvalue weighted by Gasteiger charge is 2.19. The fraction of sp³-hybridized carbons (Fsp3) is 0. The van der Waals surface area contributed by atoms with Gasteiger partial charge < -0.3 is 9.32 Å². The molecule has 0 saturated carbocycles. The first-order valence-electron chi connectivity index (χ1n) is 17.9. The van der Waals surface area contributed by atoms with Crippen molar-refractivity contribution in [2.75, 3.05) is 4.90 Å². The van der Waals surface area contributed by atoms with Gasteiger partial charge in [-0.3, -0.25) is 4.40 Å². The summed E-state index contributed by atoms with van der Waals surface area (Å²) >= 11 is 0. The number of para-hydroxylation sites is 3. The molecule has 7 aromatic carbocycles. The molecular weight excluding hydrogens is 647 g/mol. The lowest BCUT2D eigenvalue weighted by atomic mass is 9.98. The number of rotatable bonds is 7. The third kappa shape index (κ3) is 5.45. The topological polar surface area (TPSA) is 33.7 Å². The Hall–Kier alpha value is -7.17. The molecule has 10 rings (SSSR count). The van der Waals surface area contributed by atoms with E-state index >= 15 is 0 Å². The van der Waals surface area contributed by atoms with Crippen LogP contribution in [0.15, 0.2) is 205 Å². The van der Waals surface area contributed by atoms with Crippen LogP contribution in [0.4, 0.5) is 17.1 Å². The summed E-state index contributed by atoms with van der Waals surface area (Å²) in [4.78, 5) is 7.39. The molecule has 0 unspecified atom stereocenters. The fourth-order valence-electron chi connectivity index (χ4n) is 7.51. The normalized spacial score (nSPS) is 11.4. The van der Waals surface area contributed by atoms with Crippen molar-refractivity contribution in [1.82, 2.24) is 9.38 Å². The summed E-state index contributed by atoms with van der Waals surface area (Å²) in [6.45, 7) is 0. The lowest BCUT2D eigenvalue weighted by Crippen LogP contribution is -2.10. The minimum Gasteiger partial charge on any atom is -0.455 e. The molecule has 3 aromatic heterocycles. The predicted molar refractivity (Wildman–Crippen MR) is 219 cm³/mol. The van der Waals surface area contributed by atoms with Gasteiger partial charge in [-0.15, -0.1) is 0 Å². The van der Waals surface area contributed by atoms with Crippen LogP contribution in [0.25, 0.3) is 72.4 Å². The van der Waals surface area contributed by atoms with Crippen molar-refractivity contribution in [3.63, 3.8) is 0 Å². The Labute approximate surface area is 307 Å². The van der Waals surface area contributed by atoms with E-state index in [1.54, 1.807) is 0 Å². The van der Waals surface area contributed by atoms with E-state index in [0.717, 1.165) is 89.4 Å². The van der Waals surface area contributed by atoms with Crippen molar-refractivity contribution in [3.05, 3.63) is 200 Å². The maximum atomic E-state index is 6.33. The van der Waals surface area contributed by atoms with Crippen molar-refractivity contribution in [2.24, 2.45) is 0 Å². The largest absolute Gasteiger partial charge is 0.455 e. The smallest absolute Gasteiger partial charge is 0.143 e. The molecule has 0 fully saturated rings. The molecule has 0 saturated heterocycles. The van der Waals surface area contributed by atoms with Crippen LogP contribution in [0.1, 0.15) is 0 Å². The molecular formula is C49H33N3O. The van der Waals surface area contributed by atoms with Crippen LogP contribution in [0, 0.1) is 0 Å². The van der Waals surface area contributed by atoms with Crippen LogP contribution in [-0.4, -0.2) is 9.38 Å². The van der Waals surface area contributed by atoms with Gasteiger partial charge in [-0.1, -0.05) is 140 Å². The molecule has 0 atom stereocenters. The highest BCUT2D eigenvalue weighted by atomic mass is 16.3. The van der Waals surface area contributed by atoms with Gasteiger partial charge in [0.2, 0.25) is 0 Å². The molecule has 4 heteroatoms. The average Bonchev–Trinajstić information content (AvgIpc) is 3.82. The number of furan rings is 1. The van der Waals surface area contributed by atoms with Crippen molar-refractivity contribution in [3.8, 4) is 44.8 Å². The van der Waals surface area contributed by atoms with E-state index in [0.29, 0.717) is 0 Å². The first-order valence-corrected chi connectivity index (χ1v) is 17.9. The summed E-state index contributed by atoms with van der Waals surface area (Å²) in [5.41, 5.74) is 14.7. The third-order valence-electron chi connectivity index (χ3n) is 10.0. The van der Waals surface area contributed by atoms with Gasteiger partial charge in [-0.05, 0) is 71.3 Å². The number of anilines is 3. The monoisotopic (exact) mass is 679 g/mol. The van der Waals surface area contributed by atoms with E-state index in [9.17, 15) is 0 Å². The Kier molecular flexibility index (Phi) is 7.43. The van der Waals surface area contributed by atoms with Gasteiger partial charge in [0.15, 0.2) is 0 Å². The van der Waals surface area contributed by atoms with Crippen LogP contribution in [-0.2, 0) is 0 Å². The molecule has 0 spiro atoms. The van der Waals surface area contributed by atoms with Crippen molar-refractivity contribution in [1.29, 1.82) is 0 Å². The number of pyridine rings is 1. The van der Waals surface area contributed by atoms with Gasteiger partial charge in [0.05, 0.1) is 11.4 Å². The van der Waals surface area contributed by atoms with Gasteiger partial charge in [0.1, 0.15) is 16.8 Å². The van der Waals surface area contributed by atoms with Crippen LogP contribution < -0.4 is 4.90 Å². The second kappa shape index (κ2) is 12.9. The van der Waals surface area contributed by atoms with Crippen LogP contribution in [0.5, 0.6) is 0 Å². The maximum absolute atomic E-state index is 6.33. The lowest BCUT2D eigenvalue weighted by Gasteiger charge is -2.26. The number of imidazole rings is 1. The zero-order valence-corrected chi connectivity index (χ0v) is 28.8. The first-order chi connectivity index (χ1) is 26.3. The van der Waals surface area contributed by atoms with E-state index in [-0.39, 0.29) is 0 Å². The van der Waals surface area contributed by atoms with E-state index in [2.05, 4.69) is 185 Å². The Balaban J connectivity index is 1.01. The average molecular weight is 680 g/mol. The molecule has 0 aliphatic heterocycles. The zero-order chi connectivity index (χ0) is 35.1. The lowest BCUT2D eigenvalue weighted by molar-refractivity contribution is 0.670. The number of benzene rings is 7. The highest BCUT2D eigenvalue weighted by molar-refractivity contribution is 6.09. The quantitative estimate of drug-likeness (QED) is 0.168. The molecule has 0 bridgehead atoms. The molecule has 0 amide bonds. The van der Waals surface area contributed by atoms with Gasteiger partial charge in [-0.2, -0.15) is 0 Å². The number of aromatic nitrogens is 2. The summed E-state index contributed by atoms with van der Waals surface area (Å²) < 4.78 is 8.51. The van der Waals surface area contributed by atoms with Crippen molar-refractivity contribution >= 4 is 44.6 Å². The predicted octanol–water partition coefficient (Wildman–Crippen LogP) is 13.4. The van der Waals surface area contributed by atoms with E-state index < -0.39 is 0 Å². The SMILES string of the molecule is c1ccc(-c2nc3ccccn3c2-c2cccc(N(c3ccccc3)c3ccc(-c4ccc(-c5cccc6c5oc5ccccc56)cc4)cc3)c2)cc1. The second-order valence-electron chi connectivity index (χ2n) is 13.2. The Morgan fingerprint density at radius 3 is 1.85 bits per heavy atom. The summed E-state index contributed by atoms with van der Waals surface area (Å²) in [6, 6.07) is 68.1. The van der Waals surface area contributed by atoms with Gasteiger partial charge >= 0.3 is 0 Å². The molecule has 0 N–H and O–H groups in total. The van der Waals surface area contributed by atoms with Crippen LogP contribution >= 0.6 is 0 Å². The summed E-state index contributed by atoms with van der Waals surface area (Å²) in [5.74, 6) is 0. The molecule has 53 heavy (non-hydrogen) atoms. The molecule has 10 aromatic rings. The maximum Gasteiger partial charge on any atom is 0.143 e. The van der Waals surface area contributed by atoms with E-state index in [1.807, 2.05) is 24.3 Å². The third-order valence-corrected chi connectivity index (χ3v) is 10.0. The fourth-order valence-corrected chi connectivity index (χ4v) is 7.51. The Bertz CT molecular complexity index is 2870. The summed E-state index contributed by atoms with van der Waals surface area (Å²) in [5, 5.41) is 2.28. The van der Waals surface area contributed by atoms with Crippen molar-refractivity contribution in [2.45, 2.75) is 0 Å². The molecule has 0 aliphatic rings. The summed E-state index contributed by atoms with van der Waals surface area (Å²) in [6.07, 6.45) is 2.09. The Morgan fingerprint density at radius 1 is 0.434 bits per heavy atom. The highest BCUT2D eigenvalue weighted by Crippen LogP contribution is 2.40. The number of nitrogens with zero attached hydrogens (tertiary/aromatic N) is 3. The molecule has 4 nitrogen and oxygen atoms in total. The van der Waals surface area contributed by atoms with Crippen LogP contribution in [0.2, 0.25) is 0 Å². The number of fused-ring (bicyclic) bond motifs is 4. The molecule has 250 valence electrons. The van der Waals surface area contributed by atoms with Gasteiger partial charge in [0, 0.05) is 50.7 Å². The van der Waals surface area contributed by atoms with Gasteiger partial charge in [-0.25, -0.2) is 4.98 Å². The minimum absolute atomic E-state index is 0.912. The summed E-state index contributed by atoms with van der Waals surface area (Å²) in [7, 11) is 0. The molecule has 3 heterocycles. The first kappa shape index (κ1) is 30.6. The minimum atomic E-state index is 0.912. The number of hydrogen-bond donors (Lipinski definition) is 0. The van der Waals surface area contributed by atoms with Gasteiger partial charge in [0.25, 0.3) is 0 Å². The van der Waals surface area contributed by atoms with Crippen molar-refractivity contribution < 1.29 is 4.42 Å². The standard InChI is InChI=1S/C49H33N3O/c1-3-13-37(14-4-1)47-48(51-32-10-9-23-46(51)50-47)38-15-11-18-41(33-38)52(39-16-5-2-6-17-39)40-30-28-35(29-31-40)34-24-26-36(27-25-34)42-20-12-21-44-43-19-7-8-22-45(43)53-49(42)44/h1-33H. The molecule has 0 aliphatic carbocycles. The Morgan fingerprint density at radius 2 is 1.04 bits per heavy atom. The van der Waals surface area contributed by atoms with E-state index in [4.69, 9.17) is 9.40 Å². The van der Waals surface area contributed by atoms with Crippen LogP contribution in [0.3, 0.4) is 0 Å². The second-order valence-corrected chi connectivity index (χ2v) is 13.2. The molecule has 0 radical (unpaired) electrons.